The van der Waals surface area contributed by atoms with Gasteiger partial charge in [-0.3, -0.25) is 9.78 Å². The predicted molar refractivity (Wildman–Crippen MR) is 83.0 cm³/mol. The van der Waals surface area contributed by atoms with E-state index in [2.05, 4.69) is 27.5 Å². The number of rotatable bonds is 7. The number of hydrogen-bond acceptors (Lipinski definition) is 4. The van der Waals surface area contributed by atoms with Crippen LogP contribution in [0.4, 0.5) is 5.69 Å². The molecule has 0 saturated carbocycles. The van der Waals surface area contributed by atoms with Crippen LogP contribution in [0.1, 0.15) is 35.8 Å². The second-order valence-electron chi connectivity index (χ2n) is 4.75. The molecule has 2 heterocycles. The van der Waals surface area contributed by atoms with Crippen molar-refractivity contribution in [2.45, 2.75) is 26.3 Å². The van der Waals surface area contributed by atoms with Gasteiger partial charge in [0.25, 0.3) is 5.91 Å². The number of amides is 1. The molecule has 2 aromatic rings. The van der Waals surface area contributed by atoms with Gasteiger partial charge in [-0.25, -0.2) is 4.98 Å². The number of carbonyl (C=O) groups excluding carboxylic acids is 1. The highest BCUT2D eigenvalue weighted by molar-refractivity contribution is 5.92. The van der Waals surface area contributed by atoms with Crippen LogP contribution < -0.4 is 10.6 Å². The van der Waals surface area contributed by atoms with Gasteiger partial charge in [0.15, 0.2) is 0 Å². The van der Waals surface area contributed by atoms with Crippen LogP contribution in [-0.4, -0.2) is 22.4 Å². The zero-order chi connectivity index (χ0) is 14.9. The van der Waals surface area contributed by atoms with Gasteiger partial charge in [-0.05, 0) is 36.2 Å². The van der Waals surface area contributed by atoms with E-state index in [-0.39, 0.29) is 5.91 Å². The first-order valence-electron chi connectivity index (χ1n) is 7.16. The third-order valence-corrected chi connectivity index (χ3v) is 3.06. The Labute approximate surface area is 124 Å². The van der Waals surface area contributed by atoms with E-state index in [0.29, 0.717) is 12.2 Å². The molecule has 5 nitrogen and oxygen atoms in total. The van der Waals surface area contributed by atoms with Crippen LogP contribution in [0.5, 0.6) is 0 Å². The molecule has 0 aromatic carbocycles. The van der Waals surface area contributed by atoms with E-state index in [1.807, 2.05) is 18.2 Å². The molecule has 0 bridgehead atoms. The SMILES string of the molecule is CCCCNc1ccc(C(=O)NCc2ccncc2)nc1. The molecule has 0 aliphatic carbocycles. The maximum atomic E-state index is 12.0. The van der Waals surface area contributed by atoms with Gasteiger partial charge in [0.05, 0.1) is 11.9 Å². The van der Waals surface area contributed by atoms with Crippen LogP contribution >= 0.6 is 0 Å². The molecule has 0 radical (unpaired) electrons. The molecule has 0 fully saturated rings. The molecule has 0 atom stereocenters. The summed E-state index contributed by atoms with van der Waals surface area (Å²) in [6.45, 7) is 3.54. The van der Waals surface area contributed by atoms with E-state index in [0.717, 1.165) is 30.6 Å². The molecule has 110 valence electrons. The van der Waals surface area contributed by atoms with E-state index >= 15 is 0 Å². The third-order valence-electron chi connectivity index (χ3n) is 3.06. The van der Waals surface area contributed by atoms with Gasteiger partial charge in [0.1, 0.15) is 5.69 Å². The van der Waals surface area contributed by atoms with Crippen molar-refractivity contribution in [3.8, 4) is 0 Å². The lowest BCUT2D eigenvalue weighted by atomic mass is 10.2. The Morgan fingerprint density at radius 1 is 1.19 bits per heavy atom. The van der Waals surface area contributed by atoms with Crippen LogP contribution in [0, 0.1) is 0 Å². The largest absolute Gasteiger partial charge is 0.384 e. The van der Waals surface area contributed by atoms with Crippen molar-refractivity contribution in [2.24, 2.45) is 0 Å². The molecule has 0 aliphatic heterocycles. The van der Waals surface area contributed by atoms with Gasteiger partial charge in [-0.2, -0.15) is 0 Å². The van der Waals surface area contributed by atoms with E-state index in [4.69, 9.17) is 0 Å². The molecular weight excluding hydrogens is 264 g/mol. The number of pyridine rings is 2. The highest BCUT2D eigenvalue weighted by Gasteiger charge is 2.06. The first-order chi connectivity index (χ1) is 10.3. The maximum Gasteiger partial charge on any atom is 0.270 e. The summed E-state index contributed by atoms with van der Waals surface area (Å²) in [6.07, 6.45) is 7.37. The average molecular weight is 284 g/mol. The fourth-order valence-corrected chi connectivity index (χ4v) is 1.82. The molecule has 0 unspecified atom stereocenters. The minimum Gasteiger partial charge on any atom is -0.384 e. The summed E-state index contributed by atoms with van der Waals surface area (Å²) < 4.78 is 0. The standard InChI is InChI=1S/C16H20N4O/c1-2-3-8-18-14-4-5-15(19-12-14)16(21)20-11-13-6-9-17-10-7-13/h4-7,9-10,12,18H,2-3,8,11H2,1H3,(H,20,21). The second-order valence-corrected chi connectivity index (χ2v) is 4.75. The van der Waals surface area contributed by atoms with Gasteiger partial charge >= 0.3 is 0 Å². The molecule has 1 amide bonds. The fourth-order valence-electron chi connectivity index (χ4n) is 1.82. The number of aromatic nitrogens is 2. The second kappa shape index (κ2) is 7.99. The number of anilines is 1. The van der Waals surface area contributed by atoms with Crippen molar-refractivity contribution in [1.82, 2.24) is 15.3 Å². The van der Waals surface area contributed by atoms with Crippen molar-refractivity contribution in [3.63, 3.8) is 0 Å². The molecule has 21 heavy (non-hydrogen) atoms. The molecule has 0 aliphatic rings. The highest BCUT2D eigenvalue weighted by atomic mass is 16.1. The van der Waals surface area contributed by atoms with Crippen molar-refractivity contribution < 1.29 is 4.79 Å². The highest BCUT2D eigenvalue weighted by Crippen LogP contribution is 2.07. The molecule has 5 heteroatoms. The quantitative estimate of drug-likeness (QED) is 0.767. The molecule has 0 spiro atoms. The smallest absolute Gasteiger partial charge is 0.270 e. The number of carbonyl (C=O) groups is 1. The van der Waals surface area contributed by atoms with Crippen LogP contribution in [0.25, 0.3) is 0 Å². The van der Waals surface area contributed by atoms with Crippen LogP contribution in [0.2, 0.25) is 0 Å². The Balaban J connectivity index is 1.85. The third kappa shape index (κ3) is 4.87. The molecule has 0 saturated heterocycles. The van der Waals surface area contributed by atoms with Crippen molar-refractivity contribution in [2.75, 3.05) is 11.9 Å². The van der Waals surface area contributed by atoms with E-state index < -0.39 is 0 Å². The fraction of sp³-hybridized carbons (Fsp3) is 0.312. The van der Waals surface area contributed by atoms with Gasteiger partial charge in [0.2, 0.25) is 0 Å². The van der Waals surface area contributed by atoms with E-state index in [1.54, 1.807) is 24.7 Å². The number of nitrogens with zero attached hydrogens (tertiary/aromatic N) is 2. The summed E-state index contributed by atoms with van der Waals surface area (Å²) >= 11 is 0. The average Bonchev–Trinajstić information content (AvgIpc) is 2.54. The van der Waals surface area contributed by atoms with E-state index in [9.17, 15) is 4.79 Å². The Morgan fingerprint density at radius 3 is 2.67 bits per heavy atom. The Morgan fingerprint density at radius 2 is 2.00 bits per heavy atom. The van der Waals surface area contributed by atoms with Crippen LogP contribution in [0.15, 0.2) is 42.9 Å². The summed E-state index contributed by atoms with van der Waals surface area (Å²) in [5.41, 5.74) is 2.37. The molecule has 2 N–H and O–H groups in total. The number of nitrogens with one attached hydrogen (secondary N) is 2. The summed E-state index contributed by atoms with van der Waals surface area (Å²) in [4.78, 5) is 20.1. The minimum atomic E-state index is -0.174. The first kappa shape index (κ1) is 15.0. The van der Waals surface area contributed by atoms with Gasteiger partial charge in [0, 0.05) is 25.5 Å². The van der Waals surface area contributed by atoms with Crippen molar-refractivity contribution in [1.29, 1.82) is 0 Å². The zero-order valence-electron chi connectivity index (χ0n) is 12.2. The van der Waals surface area contributed by atoms with Crippen LogP contribution in [0.3, 0.4) is 0 Å². The summed E-state index contributed by atoms with van der Waals surface area (Å²) in [7, 11) is 0. The first-order valence-corrected chi connectivity index (χ1v) is 7.16. The molecule has 2 rings (SSSR count). The lowest BCUT2D eigenvalue weighted by Crippen LogP contribution is -2.23. The Kier molecular flexibility index (Phi) is 5.70. The van der Waals surface area contributed by atoms with E-state index in [1.165, 1.54) is 0 Å². The summed E-state index contributed by atoms with van der Waals surface area (Å²) in [6, 6.07) is 7.35. The summed E-state index contributed by atoms with van der Waals surface area (Å²) in [5, 5.41) is 6.11. The van der Waals surface area contributed by atoms with Gasteiger partial charge in [-0.1, -0.05) is 13.3 Å². The topological polar surface area (TPSA) is 66.9 Å². The molecular formula is C16H20N4O. The predicted octanol–water partition coefficient (Wildman–Crippen LogP) is 2.62. The Hall–Kier alpha value is -2.43. The number of unbranched alkanes of at least 4 members (excludes halogenated alkanes) is 1. The Bertz CT molecular complexity index is 554. The van der Waals surface area contributed by atoms with Crippen molar-refractivity contribution >= 4 is 11.6 Å². The van der Waals surface area contributed by atoms with Gasteiger partial charge < -0.3 is 10.6 Å². The lowest BCUT2D eigenvalue weighted by molar-refractivity contribution is 0.0946. The zero-order valence-corrected chi connectivity index (χ0v) is 12.2. The molecule has 2 aromatic heterocycles. The lowest BCUT2D eigenvalue weighted by Gasteiger charge is -2.07. The van der Waals surface area contributed by atoms with Crippen molar-refractivity contribution in [3.05, 3.63) is 54.1 Å². The number of hydrogen-bond donors (Lipinski definition) is 2. The van der Waals surface area contributed by atoms with Crippen LogP contribution in [-0.2, 0) is 6.54 Å². The normalized spacial score (nSPS) is 10.1. The summed E-state index contributed by atoms with van der Waals surface area (Å²) in [5.74, 6) is -0.174. The minimum absolute atomic E-state index is 0.174. The monoisotopic (exact) mass is 284 g/mol. The maximum absolute atomic E-state index is 12.0. The van der Waals surface area contributed by atoms with Gasteiger partial charge in [-0.15, -0.1) is 0 Å².